The lowest BCUT2D eigenvalue weighted by Gasteiger charge is -2.21. The number of carbonyl (C=O) groups excluding carboxylic acids is 1. The van der Waals surface area contributed by atoms with Gasteiger partial charge in [0.15, 0.2) is 11.5 Å². The number of ether oxygens (including phenoxy) is 3. The highest BCUT2D eigenvalue weighted by atomic mass is 35.5. The summed E-state index contributed by atoms with van der Waals surface area (Å²) < 4.78 is 16.7. The molecule has 1 atom stereocenters. The van der Waals surface area contributed by atoms with E-state index in [1.807, 2.05) is 37.3 Å². The zero-order valence-corrected chi connectivity index (χ0v) is 15.4. The molecular formula is C20H22ClNO4. The van der Waals surface area contributed by atoms with Crippen molar-refractivity contribution in [1.29, 1.82) is 0 Å². The molecule has 1 N–H and O–H groups in total. The van der Waals surface area contributed by atoms with Gasteiger partial charge >= 0.3 is 0 Å². The minimum absolute atomic E-state index is 0.00732. The van der Waals surface area contributed by atoms with Gasteiger partial charge in [-0.3, -0.25) is 4.79 Å². The van der Waals surface area contributed by atoms with E-state index in [1.165, 1.54) is 0 Å². The Kier molecular flexibility index (Phi) is 6.23. The van der Waals surface area contributed by atoms with Gasteiger partial charge in [-0.2, -0.15) is 0 Å². The number of halogens is 1. The van der Waals surface area contributed by atoms with Crippen LogP contribution in [-0.4, -0.2) is 25.7 Å². The van der Waals surface area contributed by atoms with Crippen molar-refractivity contribution in [2.45, 2.75) is 25.8 Å². The summed E-state index contributed by atoms with van der Waals surface area (Å²) in [6.45, 7) is 3.54. The number of amides is 1. The van der Waals surface area contributed by atoms with Crippen LogP contribution in [0.15, 0.2) is 42.5 Å². The molecule has 138 valence electrons. The summed E-state index contributed by atoms with van der Waals surface area (Å²) >= 11 is 5.83. The Labute approximate surface area is 158 Å². The van der Waals surface area contributed by atoms with Crippen molar-refractivity contribution < 1.29 is 19.0 Å². The van der Waals surface area contributed by atoms with Gasteiger partial charge in [-0.25, -0.2) is 0 Å². The number of nitrogens with one attached hydrogen (secondary N) is 1. The van der Waals surface area contributed by atoms with Gasteiger partial charge in [0.25, 0.3) is 0 Å². The summed E-state index contributed by atoms with van der Waals surface area (Å²) in [5.74, 6) is 2.22. The summed E-state index contributed by atoms with van der Waals surface area (Å²) in [4.78, 5) is 12.1. The highest BCUT2D eigenvalue weighted by Crippen LogP contribution is 2.32. The van der Waals surface area contributed by atoms with Crippen molar-refractivity contribution in [3.05, 3.63) is 53.1 Å². The molecule has 0 aliphatic carbocycles. The maximum Gasteiger partial charge on any atom is 0.220 e. The minimum atomic E-state index is -0.101. The van der Waals surface area contributed by atoms with Crippen LogP contribution in [0.1, 0.15) is 31.4 Å². The first kappa shape index (κ1) is 18.4. The van der Waals surface area contributed by atoms with Crippen molar-refractivity contribution in [3.63, 3.8) is 0 Å². The van der Waals surface area contributed by atoms with E-state index in [1.54, 1.807) is 12.1 Å². The third-order valence-corrected chi connectivity index (χ3v) is 4.33. The second kappa shape index (κ2) is 8.81. The molecule has 1 aliphatic rings. The van der Waals surface area contributed by atoms with Crippen LogP contribution in [0.2, 0.25) is 5.02 Å². The van der Waals surface area contributed by atoms with Gasteiger partial charge in [-0.05, 0) is 55.3 Å². The molecule has 0 unspecified atom stereocenters. The molecule has 0 saturated heterocycles. The SMILES string of the molecule is C[C@H](NC(=O)CCCOc1ccc(Cl)cc1)c1ccc2c(c1)OCCO2. The molecule has 26 heavy (non-hydrogen) atoms. The summed E-state index contributed by atoms with van der Waals surface area (Å²) in [5, 5.41) is 3.67. The molecule has 2 aromatic carbocycles. The molecule has 5 nitrogen and oxygen atoms in total. The summed E-state index contributed by atoms with van der Waals surface area (Å²) in [6.07, 6.45) is 1.05. The quantitative estimate of drug-likeness (QED) is 0.739. The summed E-state index contributed by atoms with van der Waals surface area (Å²) in [5.41, 5.74) is 0.986. The molecule has 0 fully saturated rings. The normalized spacial score (nSPS) is 13.8. The van der Waals surface area contributed by atoms with Gasteiger partial charge in [-0.15, -0.1) is 0 Å². The maximum absolute atomic E-state index is 12.1. The predicted molar refractivity (Wildman–Crippen MR) is 100 cm³/mol. The first-order valence-corrected chi connectivity index (χ1v) is 9.07. The fourth-order valence-corrected chi connectivity index (χ4v) is 2.81. The van der Waals surface area contributed by atoms with E-state index in [-0.39, 0.29) is 11.9 Å². The Morgan fingerprint density at radius 2 is 1.88 bits per heavy atom. The van der Waals surface area contributed by atoms with Gasteiger partial charge in [0.2, 0.25) is 5.91 Å². The summed E-state index contributed by atoms with van der Waals surface area (Å²) in [6, 6.07) is 12.8. The fraction of sp³-hybridized carbons (Fsp3) is 0.350. The van der Waals surface area contributed by atoms with E-state index >= 15 is 0 Å². The Morgan fingerprint density at radius 1 is 1.15 bits per heavy atom. The van der Waals surface area contributed by atoms with Crippen molar-refractivity contribution in [2.75, 3.05) is 19.8 Å². The Bertz CT molecular complexity index is 748. The van der Waals surface area contributed by atoms with Crippen molar-refractivity contribution >= 4 is 17.5 Å². The molecule has 2 aromatic rings. The number of hydrogen-bond acceptors (Lipinski definition) is 4. The van der Waals surface area contributed by atoms with Crippen LogP contribution in [-0.2, 0) is 4.79 Å². The average Bonchev–Trinajstić information content (AvgIpc) is 2.66. The lowest BCUT2D eigenvalue weighted by molar-refractivity contribution is -0.121. The first-order chi connectivity index (χ1) is 12.6. The van der Waals surface area contributed by atoms with Crippen LogP contribution in [0.5, 0.6) is 17.2 Å². The molecule has 0 aromatic heterocycles. The third kappa shape index (κ3) is 5.05. The second-order valence-electron chi connectivity index (χ2n) is 6.10. The average molecular weight is 376 g/mol. The lowest BCUT2D eigenvalue weighted by Crippen LogP contribution is -2.27. The second-order valence-corrected chi connectivity index (χ2v) is 6.53. The van der Waals surface area contributed by atoms with Crippen LogP contribution in [0.4, 0.5) is 0 Å². The van der Waals surface area contributed by atoms with Crippen LogP contribution in [0.3, 0.4) is 0 Å². The van der Waals surface area contributed by atoms with Gasteiger partial charge in [0.05, 0.1) is 12.6 Å². The standard InChI is InChI=1S/C20H22ClNO4/c1-14(15-4-9-18-19(13-15)26-12-11-25-18)22-20(23)3-2-10-24-17-7-5-16(21)6-8-17/h4-9,13-14H,2-3,10-12H2,1H3,(H,22,23)/t14-/m0/s1. The first-order valence-electron chi connectivity index (χ1n) is 8.69. The van der Waals surface area contributed by atoms with Gasteiger partial charge in [0, 0.05) is 11.4 Å². The number of rotatable bonds is 7. The van der Waals surface area contributed by atoms with E-state index < -0.39 is 0 Å². The summed E-state index contributed by atoms with van der Waals surface area (Å²) in [7, 11) is 0. The predicted octanol–water partition coefficient (Wildman–Crippen LogP) is 4.15. The molecule has 1 heterocycles. The van der Waals surface area contributed by atoms with Crippen molar-refractivity contribution in [3.8, 4) is 17.2 Å². The monoisotopic (exact) mass is 375 g/mol. The van der Waals surface area contributed by atoms with Crippen LogP contribution >= 0.6 is 11.6 Å². The van der Waals surface area contributed by atoms with Crippen molar-refractivity contribution in [2.24, 2.45) is 0 Å². The van der Waals surface area contributed by atoms with Crippen LogP contribution < -0.4 is 19.5 Å². The molecule has 6 heteroatoms. The number of fused-ring (bicyclic) bond motifs is 1. The number of hydrogen-bond donors (Lipinski definition) is 1. The molecule has 0 saturated carbocycles. The van der Waals surface area contributed by atoms with E-state index in [4.69, 9.17) is 25.8 Å². The zero-order valence-electron chi connectivity index (χ0n) is 14.7. The van der Waals surface area contributed by atoms with Crippen LogP contribution in [0.25, 0.3) is 0 Å². The molecule has 0 bridgehead atoms. The Balaban J connectivity index is 1.42. The van der Waals surface area contributed by atoms with E-state index in [9.17, 15) is 4.79 Å². The number of carbonyl (C=O) groups is 1. The number of benzene rings is 2. The van der Waals surface area contributed by atoms with E-state index in [0.29, 0.717) is 37.7 Å². The molecule has 0 spiro atoms. The van der Waals surface area contributed by atoms with E-state index in [0.717, 1.165) is 22.8 Å². The van der Waals surface area contributed by atoms with Gasteiger partial charge in [0.1, 0.15) is 19.0 Å². The van der Waals surface area contributed by atoms with E-state index in [2.05, 4.69) is 5.32 Å². The minimum Gasteiger partial charge on any atom is -0.494 e. The third-order valence-electron chi connectivity index (χ3n) is 4.07. The topological polar surface area (TPSA) is 56.8 Å². The molecular weight excluding hydrogens is 354 g/mol. The fourth-order valence-electron chi connectivity index (χ4n) is 2.68. The largest absolute Gasteiger partial charge is 0.494 e. The molecule has 0 radical (unpaired) electrons. The molecule has 3 rings (SSSR count). The lowest BCUT2D eigenvalue weighted by atomic mass is 10.1. The smallest absolute Gasteiger partial charge is 0.220 e. The molecule has 1 amide bonds. The zero-order chi connectivity index (χ0) is 18.4. The highest BCUT2D eigenvalue weighted by molar-refractivity contribution is 6.30. The molecule has 1 aliphatic heterocycles. The van der Waals surface area contributed by atoms with Crippen molar-refractivity contribution in [1.82, 2.24) is 5.32 Å². The maximum atomic E-state index is 12.1. The van der Waals surface area contributed by atoms with Crippen LogP contribution in [0, 0.1) is 0 Å². The highest BCUT2D eigenvalue weighted by Gasteiger charge is 2.15. The Morgan fingerprint density at radius 3 is 2.65 bits per heavy atom. The Hall–Kier alpha value is -2.40. The van der Waals surface area contributed by atoms with Gasteiger partial charge < -0.3 is 19.5 Å². The van der Waals surface area contributed by atoms with Gasteiger partial charge in [-0.1, -0.05) is 17.7 Å².